The van der Waals surface area contributed by atoms with E-state index in [4.69, 9.17) is 4.52 Å². The molecule has 6 heteroatoms. The van der Waals surface area contributed by atoms with Gasteiger partial charge >= 0.3 is 6.03 Å². The van der Waals surface area contributed by atoms with Gasteiger partial charge in [0, 0.05) is 22.9 Å². The van der Waals surface area contributed by atoms with Crippen molar-refractivity contribution in [1.29, 1.82) is 0 Å². The SMILES string of the molecule is CC[C@H](C)NC(=O)Nc1cccc(-c2noc(-c3cccc(C)c3)n2)c1. The van der Waals surface area contributed by atoms with Crippen LogP contribution in [-0.2, 0) is 0 Å². The Kier molecular flexibility index (Phi) is 5.31. The molecule has 0 saturated carbocycles. The number of rotatable bonds is 5. The quantitative estimate of drug-likeness (QED) is 0.703. The Balaban J connectivity index is 1.77. The van der Waals surface area contributed by atoms with Crippen LogP contribution in [0.4, 0.5) is 10.5 Å². The van der Waals surface area contributed by atoms with Gasteiger partial charge in [-0.25, -0.2) is 4.79 Å². The topological polar surface area (TPSA) is 80.0 Å². The van der Waals surface area contributed by atoms with E-state index in [1.54, 1.807) is 0 Å². The maximum atomic E-state index is 12.0. The highest BCUT2D eigenvalue weighted by molar-refractivity contribution is 5.90. The van der Waals surface area contributed by atoms with E-state index in [0.29, 0.717) is 17.4 Å². The van der Waals surface area contributed by atoms with Crippen LogP contribution in [0.2, 0.25) is 0 Å². The maximum absolute atomic E-state index is 12.0. The lowest BCUT2D eigenvalue weighted by atomic mass is 10.1. The van der Waals surface area contributed by atoms with Crippen LogP contribution in [0.15, 0.2) is 53.1 Å². The first-order valence-electron chi connectivity index (χ1n) is 8.64. The van der Waals surface area contributed by atoms with Gasteiger partial charge in [-0.3, -0.25) is 0 Å². The Labute approximate surface area is 152 Å². The third-order valence-electron chi connectivity index (χ3n) is 4.06. The Morgan fingerprint density at radius 2 is 1.92 bits per heavy atom. The zero-order chi connectivity index (χ0) is 18.5. The third kappa shape index (κ3) is 4.27. The number of carbonyl (C=O) groups excluding carboxylic acids is 1. The van der Waals surface area contributed by atoms with Gasteiger partial charge in [-0.1, -0.05) is 41.9 Å². The molecule has 2 aromatic carbocycles. The highest BCUT2D eigenvalue weighted by Gasteiger charge is 2.12. The van der Waals surface area contributed by atoms with E-state index < -0.39 is 0 Å². The number of carbonyl (C=O) groups is 1. The molecule has 0 aliphatic rings. The summed E-state index contributed by atoms with van der Waals surface area (Å²) in [6.45, 7) is 6.00. The third-order valence-corrected chi connectivity index (χ3v) is 4.06. The largest absolute Gasteiger partial charge is 0.335 e. The standard InChI is InChI=1S/C20H22N4O2/c1-4-14(3)21-20(25)22-17-10-6-8-15(12-17)18-23-19(26-24-18)16-9-5-7-13(2)11-16/h5-12,14H,4H2,1-3H3,(H2,21,22,25)/t14-/m0/s1. The van der Waals surface area contributed by atoms with Crippen molar-refractivity contribution >= 4 is 11.7 Å². The minimum absolute atomic E-state index is 0.118. The van der Waals surface area contributed by atoms with Crippen LogP contribution in [0, 0.1) is 6.92 Å². The fourth-order valence-electron chi connectivity index (χ4n) is 2.47. The molecular weight excluding hydrogens is 328 g/mol. The second kappa shape index (κ2) is 7.82. The Morgan fingerprint density at radius 1 is 1.15 bits per heavy atom. The lowest BCUT2D eigenvalue weighted by Gasteiger charge is -2.12. The van der Waals surface area contributed by atoms with Crippen molar-refractivity contribution in [3.8, 4) is 22.8 Å². The molecular formula is C20H22N4O2. The van der Waals surface area contributed by atoms with Gasteiger partial charge in [0.15, 0.2) is 0 Å². The molecule has 0 aliphatic heterocycles. The summed E-state index contributed by atoms with van der Waals surface area (Å²) in [5.74, 6) is 0.948. The molecule has 0 unspecified atom stereocenters. The minimum Gasteiger partial charge on any atom is -0.335 e. The molecule has 1 atom stereocenters. The van der Waals surface area contributed by atoms with Crippen molar-refractivity contribution in [2.75, 3.05) is 5.32 Å². The molecule has 0 saturated heterocycles. The summed E-state index contributed by atoms with van der Waals surface area (Å²) in [5, 5.41) is 9.76. The van der Waals surface area contributed by atoms with Crippen molar-refractivity contribution < 1.29 is 9.32 Å². The summed E-state index contributed by atoms with van der Waals surface area (Å²) in [5.41, 5.74) is 3.45. The van der Waals surface area contributed by atoms with E-state index in [1.165, 1.54) is 0 Å². The number of anilines is 1. The number of hydrogen-bond donors (Lipinski definition) is 2. The number of nitrogens with one attached hydrogen (secondary N) is 2. The van der Waals surface area contributed by atoms with Gasteiger partial charge in [0.05, 0.1) is 0 Å². The Hall–Kier alpha value is -3.15. The number of aromatic nitrogens is 2. The highest BCUT2D eigenvalue weighted by atomic mass is 16.5. The second-order valence-corrected chi connectivity index (χ2v) is 6.28. The highest BCUT2D eigenvalue weighted by Crippen LogP contribution is 2.24. The fourth-order valence-corrected chi connectivity index (χ4v) is 2.47. The molecule has 6 nitrogen and oxygen atoms in total. The number of benzene rings is 2. The van der Waals surface area contributed by atoms with Crippen molar-refractivity contribution in [3.63, 3.8) is 0 Å². The van der Waals surface area contributed by atoms with E-state index in [-0.39, 0.29) is 12.1 Å². The normalized spacial score (nSPS) is 11.8. The molecule has 0 radical (unpaired) electrons. The predicted octanol–water partition coefficient (Wildman–Crippen LogP) is 4.63. The fraction of sp³-hybridized carbons (Fsp3) is 0.250. The summed E-state index contributed by atoms with van der Waals surface area (Å²) in [7, 11) is 0. The summed E-state index contributed by atoms with van der Waals surface area (Å²) < 4.78 is 5.39. The molecule has 26 heavy (non-hydrogen) atoms. The summed E-state index contributed by atoms with van der Waals surface area (Å²) in [6.07, 6.45) is 0.873. The van der Waals surface area contributed by atoms with Crippen LogP contribution >= 0.6 is 0 Å². The summed E-state index contributed by atoms with van der Waals surface area (Å²) in [4.78, 5) is 16.4. The van der Waals surface area contributed by atoms with E-state index >= 15 is 0 Å². The molecule has 2 N–H and O–H groups in total. The van der Waals surface area contributed by atoms with Gasteiger partial charge in [-0.05, 0) is 44.5 Å². The Bertz CT molecular complexity index is 904. The molecule has 2 amide bonds. The van der Waals surface area contributed by atoms with Gasteiger partial charge in [-0.2, -0.15) is 4.98 Å². The molecule has 134 valence electrons. The first-order chi connectivity index (χ1) is 12.5. The van der Waals surface area contributed by atoms with Crippen LogP contribution in [0.5, 0.6) is 0 Å². The smallest absolute Gasteiger partial charge is 0.319 e. The monoisotopic (exact) mass is 350 g/mol. The second-order valence-electron chi connectivity index (χ2n) is 6.28. The van der Waals surface area contributed by atoms with E-state index in [1.807, 2.05) is 69.3 Å². The molecule has 3 rings (SSSR count). The average molecular weight is 350 g/mol. The lowest BCUT2D eigenvalue weighted by Crippen LogP contribution is -2.35. The van der Waals surface area contributed by atoms with Crippen LogP contribution in [0.25, 0.3) is 22.8 Å². The summed E-state index contributed by atoms with van der Waals surface area (Å²) in [6, 6.07) is 15.1. The van der Waals surface area contributed by atoms with Gasteiger partial charge in [0.1, 0.15) is 0 Å². The molecule has 0 spiro atoms. The number of nitrogens with zero attached hydrogens (tertiary/aromatic N) is 2. The van der Waals surface area contributed by atoms with Crippen LogP contribution in [-0.4, -0.2) is 22.2 Å². The van der Waals surface area contributed by atoms with Crippen molar-refractivity contribution in [1.82, 2.24) is 15.5 Å². The van der Waals surface area contributed by atoms with Crippen molar-refractivity contribution in [3.05, 3.63) is 54.1 Å². The van der Waals surface area contributed by atoms with Gasteiger partial charge in [0.25, 0.3) is 5.89 Å². The number of urea groups is 1. The van der Waals surface area contributed by atoms with Gasteiger partial charge < -0.3 is 15.2 Å². The minimum atomic E-state index is -0.231. The molecule has 1 heterocycles. The van der Waals surface area contributed by atoms with Crippen molar-refractivity contribution in [2.24, 2.45) is 0 Å². The molecule has 0 fully saturated rings. The van der Waals surface area contributed by atoms with Crippen LogP contribution < -0.4 is 10.6 Å². The Morgan fingerprint density at radius 3 is 2.69 bits per heavy atom. The average Bonchev–Trinajstić information content (AvgIpc) is 3.12. The summed E-state index contributed by atoms with van der Waals surface area (Å²) >= 11 is 0. The first-order valence-corrected chi connectivity index (χ1v) is 8.64. The molecule has 3 aromatic rings. The van der Waals surface area contributed by atoms with Crippen molar-refractivity contribution in [2.45, 2.75) is 33.2 Å². The van der Waals surface area contributed by atoms with Gasteiger partial charge in [0.2, 0.25) is 5.82 Å². The van der Waals surface area contributed by atoms with Crippen LogP contribution in [0.1, 0.15) is 25.8 Å². The maximum Gasteiger partial charge on any atom is 0.319 e. The van der Waals surface area contributed by atoms with Gasteiger partial charge in [-0.15, -0.1) is 0 Å². The lowest BCUT2D eigenvalue weighted by molar-refractivity contribution is 0.249. The van der Waals surface area contributed by atoms with E-state index in [2.05, 4.69) is 20.8 Å². The number of aryl methyl sites for hydroxylation is 1. The zero-order valence-electron chi connectivity index (χ0n) is 15.1. The predicted molar refractivity (Wildman–Crippen MR) is 102 cm³/mol. The number of hydrogen-bond acceptors (Lipinski definition) is 4. The molecule has 0 bridgehead atoms. The van der Waals surface area contributed by atoms with E-state index in [0.717, 1.165) is 23.1 Å². The molecule has 0 aliphatic carbocycles. The first kappa shape index (κ1) is 17.7. The van der Waals surface area contributed by atoms with Crippen LogP contribution in [0.3, 0.4) is 0 Å². The zero-order valence-corrected chi connectivity index (χ0v) is 15.1. The number of amides is 2. The molecule has 1 aromatic heterocycles. The van der Waals surface area contributed by atoms with E-state index in [9.17, 15) is 4.79 Å².